The van der Waals surface area contributed by atoms with Crippen LogP contribution in [0.2, 0.25) is 0 Å². The number of nitrogens with one attached hydrogen (secondary N) is 1. The molecule has 246 valence electrons. The molecular weight excluding hydrogens is 551 g/mol. The van der Waals surface area contributed by atoms with Crippen LogP contribution in [-0.4, -0.2) is 47.8 Å². The average Bonchev–Trinajstić information content (AvgIpc) is 2.97. The maximum atomic E-state index is 12.6. The number of carbonyl (C=O) groups is 1. The molecule has 9 heteroatoms. The second kappa shape index (κ2) is 29.8. The van der Waals surface area contributed by atoms with Crippen LogP contribution in [0.1, 0.15) is 136 Å². The van der Waals surface area contributed by atoms with E-state index in [1.165, 1.54) is 64.2 Å². The van der Waals surface area contributed by atoms with Crippen molar-refractivity contribution in [2.24, 2.45) is 5.73 Å². The van der Waals surface area contributed by atoms with E-state index in [1.807, 2.05) is 6.08 Å². The Morgan fingerprint density at radius 1 is 0.786 bits per heavy atom. The predicted octanol–water partition coefficient (Wildman–Crippen LogP) is 8.04. The number of phosphoric ester groups is 1. The van der Waals surface area contributed by atoms with Gasteiger partial charge in [-0.2, -0.15) is 0 Å². The van der Waals surface area contributed by atoms with Crippen molar-refractivity contribution in [2.75, 3.05) is 19.8 Å². The first-order valence-electron chi connectivity index (χ1n) is 16.6. The van der Waals surface area contributed by atoms with E-state index >= 15 is 0 Å². The minimum Gasteiger partial charge on any atom is -0.387 e. The number of allylic oxidation sites excluding steroid dienone is 5. The number of hydrogen-bond donors (Lipinski definition) is 4. The van der Waals surface area contributed by atoms with E-state index in [9.17, 15) is 19.4 Å². The Morgan fingerprint density at radius 3 is 1.81 bits per heavy atom. The van der Waals surface area contributed by atoms with Crippen LogP contribution in [0.15, 0.2) is 36.5 Å². The molecule has 0 saturated heterocycles. The maximum absolute atomic E-state index is 12.6. The van der Waals surface area contributed by atoms with Gasteiger partial charge in [0.2, 0.25) is 5.91 Å². The number of hydrogen-bond acceptors (Lipinski definition) is 6. The van der Waals surface area contributed by atoms with E-state index in [0.29, 0.717) is 6.42 Å². The number of rotatable bonds is 30. The lowest BCUT2D eigenvalue weighted by Crippen LogP contribution is -2.45. The number of carbonyl (C=O) groups excluding carboxylic acids is 1. The quantitative estimate of drug-likeness (QED) is 0.0366. The number of amides is 1. The van der Waals surface area contributed by atoms with Gasteiger partial charge >= 0.3 is 7.82 Å². The van der Waals surface area contributed by atoms with Crippen molar-refractivity contribution in [3.05, 3.63) is 36.5 Å². The Kier molecular flexibility index (Phi) is 28.9. The zero-order valence-electron chi connectivity index (χ0n) is 26.7. The first kappa shape index (κ1) is 40.7. The minimum atomic E-state index is -4.33. The maximum Gasteiger partial charge on any atom is 0.472 e. The second-order valence-electron chi connectivity index (χ2n) is 11.0. The van der Waals surface area contributed by atoms with Gasteiger partial charge in [-0.15, -0.1) is 0 Å². The van der Waals surface area contributed by atoms with Crippen LogP contribution < -0.4 is 11.1 Å². The summed E-state index contributed by atoms with van der Waals surface area (Å²) in [7, 11) is -4.33. The van der Waals surface area contributed by atoms with Gasteiger partial charge in [-0.3, -0.25) is 13.8 Å². The zero-order chi connectivity index (χ0) is 31.2. The fraction of sp³-hybridized carbons (Fsp3) is 0.788. The van der Waals surface area contributed by atoms with E-state index < -0.39 is 20.0 Å². The Hall–Kier alpha value is -1.28. The minimum absolute atomic E-state index is 0.0719. The number of aliphatic hydroxyl groups excluding tert-OH is 1. The van der Waals surface area contributed by atoms with E-state index in [-0.39, 0.29) is 25.7 Å². The lowest BCUT2D eigenvalue weighted by atomic mass is 10.0. The molecule has 1 amide bonds. The molecule has 0 fully saturated rings. The molecule has 3 atom stereocenters. The van der Waals surface area contributed by atoms with Crippen molar-refractivity contribution in [1.29, 1.82) is 0 Å². The summed E-state index contributed by atoms with van der Waals surface area (Å²) in [5.41, 5.74) is 5.33. The summed E-state index contributed by atoms with van der Waals surface area (Å²) >= 11 is 0. The molecule has 0 heterocycles. The molecule has 0 aromatic rings. The van der Waals surface area contributed by atoms with Crippen LogP contribution in [0.25, 0.3) is 0 Å². The molecule has 8 nitrogen and oxygen atoms in total. The Bertz CT molecular complexity index is 759. The Morgan fingerprint density at radius 2 is 1.29 bits per heavy atom. The predicted molar refractivity (Wildman–Crippen MR) is 175 cm³/mol. The number of nitrogens with two attached hydrogens (primary N) is 1. The van der Waals surface area contributed by atoms with Gasteiger partial charge in [0, 0.05) is 13.0 Å². The van der Waals surface area contributed by atoms with Gasteiger partial charge < -0.3 is 21.1 Å². The highest BCUT2D eigenvalue weighted by molar-refractivity contribution is 7.47. The van der Waals surface area contributed by atoms with Crippen molar-refractivity contribution in [3.63, 3.8) is 0 Å². The fourth-order valence-electron chi connectivity index (χ4n) is 4.46. The molecular formula is C33H63N2O6P. The van der Waals surface area contributed by atoms with Crippen LogP contribution in [0.5, 0.6) is 0 Å². The first-order chi connectivity index (χ1) is 20.4. The smallest absolute Gasteiger partial charge is 0.387 e. The standard InChI is InChI=1S/C33H63N2O6P/c1-3-5-7-9-11-13-15-16-17-19-21-23-25-27-33(37)35-31(30-41-42(38,39)40-29-28-34)32(36)26-24-22-20-18-14-12-10-8-6-4-2/h6,8,14,18,24,26,31-32,36H,3-5,7,9-13,15-17,19-23,25,27-30,34H2,1-2H3,(H,35,37)(H,38,39)/b8-6+,18-14+,26-24+. The Labute approximate surface area is 257 Å². The van der Waals surface area contributed by atoms with Crippen molar-refractivity contribution >= 4 is 13.7 Å². The molecule has 0 spiro atoms. The van der Waals surface area contributed by atoms with Gasteiger partial charge in [0.15, 0.2) is 0 Å². The summed E-state index contributed by atoms with van der Waals surface area (Å²) in [6.45, 7) is 3.95. The third kappa shape index (κ3) is 27.5. The third-order valence-electron chi connectivity index (χ3n) is 6.96. The number of phosphoric acid groups is 1. The summed E-state index contributed by atoms with van der Waals surface area (Å²) in [4.78, 5) is 22.4. The second-order valence-corrected chi connectivity index (χ2v) is 12.4. The summed E-state index contributed by atoms with van der Waals surface area (Å²) in [5, 5.41) is 13.5. The molecule has 0 aromatic heterocycles. The van der Waals surface area contributed by atoms with Gasteiger partial charge in [0.25, 0.3) is 0 Å². The van der Waals surface area contributed by atoms with Crippen molar-refractivity contribution in [2.45, 2.75) is 148 Å². The lowest BCUT2D eigenvalue weighted by Gasteiger charge is -2.23. The third-order valence-corrected chi connectivity index (χ3v) is 7.94. The molecule has 0 aliphatic heterocycles. The SMILES string of the molecule is CC/C=C/CC/C=C/CC/C=C/C(O)C(COP(=O)(O)OCCN)NC(=O)CCCCCCCCCCCCCCC. The average molecular weight is 615 g/mol. The van der Waals surface area contributed by atoms with Crippen molar-refractivity contribution < 1.29 is 28.4 Å². The zero-order valence-corrected chi connectivity index (χ0v) is 27.6. The summed E-state index contributed by atoms with van der Waals surface area (Å²) in [6.07, 6.45) is 32.0. The van der Waals surface area contributed by atoms with E-state index in [4.69, 9.17) is 14.8 Å². The molecule has 0 bridgehead atoms. The molecule has 5 N–H and O–H groups in total. The monoisotopic (exact) mass is 614 g/mol. The topological polar surface area (TPSA) is 131 Å². The van der Waals surface area contributed by atoms with Gasteiger partial charge in [-0.25, -0.2) is 4.57 Å². The highest BCUT2D eigenvalue weighted by Gasteiger charge is 2.26. The highest BCUT2D eigenvalue weighted by Crippen LogP contribution is 2.43. The van der Waals surface area contributed by atoms with Crippen LogP contribution in [0.4, 0.5) is 0 Å². The van der Waals surface area contributed by atoms with Gasteiger partial charge in [-0.05, 0) is 38.5 Å². The van der Waals surface area contributed by atoms with Crippen LogP contribution >= 0.6 is 7.82 Å². The molecule has 3 unspecified atom stereocenters. The molecule has 0 aromatic carbocycles. The van der Waals surface area contributed by atoms with Gasteiger partial charge in [-0.1, -0.05) is 127 Å². The van der Waals surface area contributed by atoms with Crippen molar-refractivity contribution in [3.8, 4) is 0 Å². The van der Waals surface area contributed by atoms with E-state index in [2.05, 4.69) is 43.5 Å². The first-order valence-corrected chi connectivity index (χ1v) is 18.1. The van der Waals surface area contributed by atoms with E-state index in [0.717, 1.165) is 51.4 Å². The molecule has 0 aliphatic carbocycles. The van der Waals surface area contributed by atoms with Crippen LogP contribution in [0, 0.1) is 0 Å². The van der Waals surface area contributed by atoms with Crippen LogP contribution in [0.3, 0.4) is 0 Å². The van der Waals surface area contributed by atoms with Gasteiger partial charge in [0.1, 0.15) is 0 Å². The molecule has 0 rings (SSSR count). The molecule has 42 heavy (non-hydrogen) atoms. The summed E-state index contributed by atoms with van der Waals surface area (Å²) in [6, 6.07) is -0.876. The Balaban J connectivity index is 4.43. The molecule has 0 radical (unpaired) electrons. The van der Waals surface area contributed by atoms with E-state index in [1.54, 1.807) is 6.08 Å². The van der Waals surface area contributed by atoms with Crippen molar-refractivity contribution in [1.82, 2.24) is 5.32 Å². The molecule has 0 saturated carbocycles. The lowest BCUT2D eigenvalue weighted by molar-refractivity contribution is -0.123. The summed E-state index contributed by atoms with van der Waals surface area (Å²) < 4.78 is 21.9. The fourth-order valence-corrected chi connectivity index (χ4v) is 5.22. The normalized spacial score (nSPS) is 15.1. The van der Waals surface area contributed by atoms with Crippen LogP contribution in [-0.2, 0) is 18.4 Å². The molecule has 0 aliphatic rings. The number of unbranched alkanes of at least 4 members (excludes halogenated alkanes) is 14. The number of aliphatic hydroxyl groups is 1. The van der Waals surface area contributed by atoms with Gasteiger partial charge in [0.05, 0.1) is 25.4 Å². The largest absolute Gasteiger partial charge is 0.472 e. The highest BCUT2D eigenvalue weighted by atomic mass is 31.2. The summed E-state index contributed by atoms with van der Waals surface area (Å²) in [5.74, 6) is -0.213.